The highest BCUT2D eigenvalue weighted by molar-refractivity contribution is 7.13. The number of hydrogen-bond donors (Lipinski definition) is 6. The van der Waals surface area contributed by atoms with Crippen molar-refractivity contribution in [1.29, 1.82) is 0 Å². The molecule has 0 radical (unpaired) electrons. The van der Waals surface area contributed by atoms with E-state index in [2.05, 4.69) is 46.3 Å². The number of piperazine rings is 1. The van der Waals surface area contributed by atoms with Crippen molar-refractivity contribution in [2.24, 2.45) is 5.41 Å². The van der Waals surface area contributed by atoms with E-state index in [1.54, 1.807) is 17.8 Å². The minimum absolute atomic E-state index is 0.00963. The number of halogens is 1. The maximum absolute atomic E-state index is 14.3. The summed E-state index contributed by atoms with van der Waals surface area (Å²) in [6, 6.07) is 13.9. The number of β-amino-alcohol motifs (C(OH)–C–C–N with tert-alkyl or cyclic N) is 1. The predicted octanol–water partition coefficient (Wildman–Crippen LogP) is 5.69. The van der Waals surface area contributed by atoms with E-state index in [4.69, 9.17) is 4.98 Å². The van der Waals surface area contributed by atoms with Crippen molar-refractivity contribution in [3.8, 4) is 16.3 Å². The van der Waals surface area contributed by atoms with Crippen molar-refractivity contribution in [2.75, 3.05) is 38.0 Å². The maximum atomic E-state index is 14.3. The number of benzene rings is 1. The lowest BCUT2D eigenvalue weighted by Gasteiger charge is -2.38. The van der Waals surface area contributed by atoms with E-state index in [1.807, 2.05) is 93.5 Å². The molecule has 1 aliphatic carbocycles. The van der Waals surface area contributed by atoms with Gasteiger partial charge in [0.15, 0.2) is 5.82 Å². The minimum atomic E-state index is -0.903. The molecule has 21 heteroatoms. The van der Waals surface area contributed by atoms with Gasteiger partial charge in [0, 0.05) is 81.5 Å². The summed E-state index contributed by atoms with van der Waals surface area (Å²) in [6.07, 6.45) is 4.71. The molecule has 7 heterocycles. The number of aliphatic hydroxyl groups is 1. The molecule has 3 aliphatic rings. The number of pyridine rings is 2. The number of hydrogen-bond acceptors (Lipinski definition) is 13. The molecule has 0 spiro atoms. The van der Waals surface area contributed by atoms with Crippen molar-refractivity contribution in [3.63, 3.8) is 0 Å². The number of carbonyl (C=O) groups excluding carboxylic acids is 5. The van der Waals surface area contributed by atoms with E-state index in [0.717, 1.165) is 41.0 Å². The molecule has 2 aliphatic heterocycles. The van der Waals surface area contributed by atoms with Gasteiger partial charge in [0.2, 0.25) is 17.7 Å². The van der Waals surface area contributed by atoms with Gasteiger partial charge in [-0.2, -0.15) is 5.10 Å². The molecule has 19 nitrogen and oxygen atoms in total. The second-order valence-corrected chi connectivity index (χ2v) is 21.8. The zero-order chi connectivity index (χ0) is 52.6. The summed E-state index contributed by atoms with van der Waals surface area (Å²) in [7, 11) is 0. The van der Waals surface area contributed by atoms with Crippen molar-refractivity contribution >= 4 is 57.7 Å². The number of aliphatic hydroxyl groups excluding tert-OH is 1. The summed E-state index contributed by atoms with van der Waals surface area (Å²) in [5.41, 5.74) is 5.63. The van der Waals surface area contributed by atoms with Crippen LogP contribution >= 0.6 is 11.3 Å². The van der Waals surface area contributed by atoms with Crippen LogP contribution in [0.2, 0.25) is 0 Å². The Hall–Kier alpha value is -7.10. The van der Waals surface area contributed by atoms with Gasteiger partial charge in [0.25, 0.3) is 11.8 Å². The van der Waals surface area contributed by atoms with Crippen molar-refractivity contribution in [3.05, 3.63) is 107 Å². The topological polar surface area (TPSA) is 236 Å². The molecule has 1 saturated carbocycles. The van der Waals surface area contributed by atoms with Crippen LogP contribution in [0.1, 0.15) is 117 Å². The van der Waals surface area contributed by atoms with Crippen LogP contribution in [0.15, 0.2) is 72.5 Å². The van der Waals surface area contributed by atoms with Crippen LogP contribution in [0.3, 0.4) is 0 Å². The van der Waals surface area contributed by atoms with Crippen LogP contribution in [0, 0.1) is 18.2 Å². The van der Waals surface area contributed by atoms with Crippen molar-refractivity contribution in [2.45, 2.75) is 117 Å². The maximum Gasteiger partial charge on any atom is 0.271 e. The van der Waals surface area contributed by atoms with Crippen LogP contribution in [0.4, 0.5) is 10.2 Å². The molecule has 3 fully saturated rings. The zero-order valence-corrected chi connectivity index (χ0v) is 43.5. The number of anilines is 1. The van der Waals surface area contributed by atoms with Crippen LogP contribution < -0.4 is 21.3 Å². The van der Waals surface area contributed by atoms with Gasteiger partial charge in [0.1, 0.15) is 35.1 Å². The number of rotatable bonds is 14. The third kappa shape index (κ3) is 11.2. The summed E-state index contributed by atoms with van der Waals surface area (Å²) in [4.78, 5) is 87.4. The summed E-state index contributed by atoms with van der Waals surface area (Å²) in [5.74, 6) is -0.729. The fourth-order valence-electron chi connectivity index (χ4n) is 10.4. The molecule has 0 bridgehead atoms. The molecule has 5 aromatic heterocycles. The summed E-state index contributed by atoms with van der Waals surface area (Å²) in [5, 5.41) is 31.0. The Labute approximate surface area is 432 Å². The first-order chi connectivity index (χ1) is 35.3. The fourth-order valence-corrected chi connectivity index (χ4v) is 11.2. The van der Waals surface area contributed by atoms with Gasteiger partial charge >= 0.3 is 0 Å². The molecule has 390 valence electrons. The lowest BCUT2D eigenvalue weighted by atomic mass is 9.85. The Bertz CT molecular complexity index is 3030. The highest BCUT2D eigenvalue weighted by atomic mass is 32.1. The monoisotopic (exact) mass is 1030 g/mol. The second-order valence-electron chi connectivity index (χ2n) is 20.9. The Morgan fingerprint density at radius 3 is 2.35 bits per heavy atom. The molecule has 6 N–H and O–H groups in total. The van der Waals surface area contributed by atoms with E-state index in [-0.39, 0.29) is 48.8 Å². The van der Waals surface area contributed by atoms with E-state index in [0.29, 0.717) is 65.8 Å². The summed E-state index contributed by atoms with van der Waals surface area (Å²) in [6.45, 7) is 15.0. The second kappa shape index (κ2) is 21.4. The standard InChI is InChI=1S/C53H64FN13O6S/c1-29-22-44(63-62-29)67-27-40(39-15-17-43(61-48(39)67)57-31(3)41-16-12-35(54)25-55-41)51(72)65-20-18-64(19-21-65)37-14-13-36(23-37)60-50(71)45-46(74-28-56-45)34-10-8-33(9-11-34)30(2)58-49(70)42-24-38(69)26-66(42)52(73)47(53(5,6)7)59-32(4)68/h8-12,15-17,22,25,27-28,30-31,36-38,42,47,69H,13-14,18-21,23-24,26H2,1-7H3,(H,57,61)(H,58,70)(H,59,68)(H,60,71)(H,62,63)/t30-,31-,36?,37?,38+,42-,47+/m0/s1. The Morgan fingerprint density at radius 1 is 0.919 bits per heavy atom. The van der Waals surface area contributed by atoms with Gasteiger partial charge in [-0.3, -0.25) is 43.5 Å². The highest BCUT2D eigenvalue weighted by Crippen LogP contribution is 2.33. The number of aryl methyl sites for hydroxylation is 1. The van der Waals surface area contributed by atoms with Gasteiger partial charge in [-0.25, -0.2) is 14.4 Å². The highest BCUT2D eigenvalue weighted by Gasteiger charge is 2.44. The number of nitrogens with one attached hydrogen (secondary N) is 5. The van der Waals surface area contributed by atoms with E-state index >= 15 is 0 Å². The third-order valence-corrected chi connectivity index (χ3v) is 15.3. The van der Waals surface area contributed by atoms with Gasteiger partial charge in [-0.15, -0.1) is 11.3 Å². The van der Waals surface area contributed by atoms with Crippen LogP contribution in [0.25, 0.3) is 27.3 Å². The Morgan fingerprint density at radius 2 is 1.68 bits per heavy atom. The average molecular weight is 1030 g/mol. The smallest absolute Gasteiger partial charge is 0.271 e. The predicted molar refractivity (Wildman–Crippen MR) is 278 cm³/mol. The molecule has 9 rings (SSSR count). The molecule has 2 unspecified atom stereocenters. The quantitative estimate of drug-likeness (QED) is 0.0773. The third-order valence-electron chi connectivity index (χ3n) is 14.4. The number of H-pyrrole nitrogens is 1. The number of nitrogens with zero attached hydrogens (tertiary/aromatic N) is 8. The average Bonchev–Trinajstić information content (AvgIpc) is 4.24. The summed E-state index contributed by atoms with van der Waals surface area (Å²) >= 11 is 1.38. The minimum Gasteiger partial charge on any atom is -0.391 e. The van der Waals surface area contributed by atoms with Gasteiger partial charge in [-0.05, 0) is 80.8 Å². The largest absolute Gasteiger partial charge is 0.391 e. The number of aromatic nitrogens is 6. The van der Waals surface area contributed by atoms with E-state index in [1.165, 1.54) is 35.4 Å². The van der Waals surface area contributed by atoms with Gasteiger partial charge in [-0.1, -0.05) is 45.0 Å². The van der Waals surface area contributed by atoms with Gasteiger partial charge < -0.3 is 36.2 Å². The molecule has 1 aromatic carbocycles. The first kappa shape index (κ1) is 51.8. The van der Waals surface area contributed by atoms with Crippen LogP contribution in [-0.4, -0.2) is 142 Å². The lowest BCUT2D eigenvalue weighted by molar-refractivity contribution is -0.144. The zero-order valence-electron chi connectivity index (χ0n) is 42.7. The van der Waals surface area contributed by atoms with Crippen LogP contribution in [-0.2, 0) is 14.4 Å². The normalized spacial score (nSPS) is 20.6. The van der Waals surface area contributed by atoms with Crippen LogP contribution in [0.5, 0.6) is 0 Å². The molecule has 74 heavy (non-hydrogen) atoms. The molecule has 6 aromatic rings. The number of carbonyl (C=O) groups is 5. The SMILES string of the molecule is CC(=O)N[C@H](C(=O)N1C[C@H](O)C[C@H]1C(=O)N[C@@H](C)c1ccc(-c2scnc2C(=O)NC2CCC(N3CCN(C(=O)c4cn(-c5cc(C)[nH]n5)c5nc(N[C@@H](C)c6ccc(F)cn6)ccc45)CC3)C2)cc1)C(C)(C)C. The first-order valence-electron chi connectivity index (χ1n) is 25.2. The van der Waals surface area contributed by atoms with Crippen molar-refractivity contribution in [1.82, 2.24) is 60.4 Å². The fraction of sp³-hybridized carbons (Fsp3) is 0.453. The van der Waals surface area contributed by atoms with E-state index in [9.17, 15) is 33.5 Å². The van der Waals surface area contributed by atoms with E-state index < -0.39 is 47.3 Å². The molecule has 2 saturated heterocycles. The molecule has 5 amide bonds. The lowest BCUT2D eigenvalue weighted by Crippen LogP contribution is -2.57. The Balaban J connectivity index is 0.783. The molecule has 7 atom stereocenters. The number of amides is 5. The first-order valence-corrected chi connectivity index (χ1v) is 26.1. The number of likely N-dealkylation sites (tertiary alicyclic amines) is 1. The number of fused-ring (bicyclic) bond motifs is 1. The molecular weight excluding hydrogens is 966 g/mol. The molecular formula is C53H64FN13O6S. The Kier molecular flexibility index (Phi) is 15.0. The summed E-state index contributed by atoms with van der Waals surface area (Å²) < 4.78 is 15.4. The number of aromatic amines is 1. The van der Waals surface area contributed by atoms with Gasteiger partial charge in [0.05, 0.1) is 46.0 Å². The number of thiazole rings is 1. The van der Waals surface area contributed by atoms with Crippen molar-refractivity contribution < 1.29 is 33.5 Å².